The van der Waals surface area contributed by atoms with E-state index in [4.69, 9.17) is 5.11 Å². The second kappa shape index (κ2) is 4.78. The quantitative estimate of drug-likeness (QED) is 0.727. The molecule has 3 amide bonds. The molecule has 1 aromatic rings. The van der Waals surface area contributed by atoms with Crippen LogP contribution in [0.25, 0.3) is 0 Å². The maximum absolute atomic E-state index is 12.1. The molecule has 1 fully saturated rings. The zero-order valence-corrected chi connectivity index (χ0v) is 11.3. The number of fused-ring (bicyclic) bond motifs is 3. The molecule has 3 N–H and O–H groups in total. The van der Waals surface area contributed by atoms with Crippen molar-refractivity contribution in [3.63, 3.8) is 0 Å². The van der Waals surface area contributed by atoms with Crippen molar-refractivity contribution in [2.24, 2.45) is 0 Å². The molecule has 2 aliphatic rings. The Balaban J connectivity index is 1.86. The summed E-state index contributed by atoms with van der Waals surface area (Å²) in [6, 6.07) is 0.901. The second-order valence-corrected chi connectivity index (χ2v) is 5.70. The molecular formula is C12H13N3O4S. The van der Waals surface area contributed by atoms with Gasteiger partial charge in [0.2, 0.25) is 5.91 Å². The molecule has 0 aromatic carbocycles. The molecule has 8 heteroatoms. The minimum absolute atomic E-state index is 0.133. The van der Waals surface area contributed by atoms with E-state index >= 15 is 0 Å². The Labute approximate surface area is 118 Å². The van der Waals surface area contributed by atoms with E-state index < -0.39 is 24.5 Å². The summed E-state index contributed by atoms with van der Waals surface area (Å²) >= 11 is 1.58. The minimum Gasteiger partial charge on any atom is -0.480 e. The van der Waals surface area contributed by atoms with Crippen molar-refractivity contribution in [3.05, 3.63) is 21.9 Å². The number of urea groups is 1. The average Bonchev–Trinajstić information content (AvgIpc) is 3.01. The number of thiophene rings is 1. The van der Waals surface area contributed by atoms with Crippen LogP contribution in [0.5, 0.6) is 0 Å². The van der Waals surface area contributed by atoms with Crippen LogP contribution in [0.4, 0.5) is 4.79 Å². The summed E-state index contributed by atoms with van der Waals surface area (Å²) in [6.45, 7) is 0.0427. The lowest BCUT2D eigenvalue weighted by Gasteiger charge is -2.35. The Hall–Kier alpha value is -2.09. The van der Waals surface area contributed by atoms with Gasteiger partial charge in [0.1, 0.15) is 12.6 Å². The first-order chi connectivity index (χ1) is 9.58. The van der Waals surface area contributed by atoms with Crippen LogP contribution in [0.2, 0.25) is 0 Å². The van der Waals surface area contributed by atoms with Gasteiger partial charge in [0.05, 0.1) is 6.04 Å². The van der Waals surface area contributed by atoms with E-state index in [2.05, 4.69) is 10.6 Å². The first-order valence-electron chi connectivity index (χ1n) is 6.20. The summed E-state index contributed by atoms with van der Waals surface area (Å²) in [7, 11) is 0. The molecule has 3 rings (SSSR count). The number of aliphatic carboxylic acids is 1. The third kappa shape index (κ3) is 2.01. The first-order valence-corrected chi connectivity index (χ1v) is 7.08. The Morgan fingerprint density at radius 3 is 3.10 bits per heavy atom. The topological polar surface area (TPSA) is 98.7 Å². The SMILES string of the molecule is O=C(O)CNC(=O)[C@@H]1Cc2ccsc2[C@H]2CNC(=O)N21. The van der Waals surface area contributed by atoms with Crippen molar-refractivity contribution < 1.29 is 19.5 Å². The third-order valence-electron chi connectivity index (χ3n) is 3.57. The lowest BCUT2D eigenvalue weighted by Crippen LogP contribution is -2.52. The van der Waals surface area contributed by atoms with Crippen LogP contribution in [-0.2, 0) is 16.0 Å². The van der Waals surface area contributed by atoms with E-state index in [0.29, 0.717) is 13.0 Å². The van der Waals surface area contributed by atoms with Crippen molar-refractivity contribution in [3.8, 4) is 0 Å². The maximum atomic E-state index is 12.1. The number of carboxylic acid groups (broad SMARTS) is 1. The van der Waals surface area contributed by atoms with Crippen LogP contribution in [0, 0.1) is 0 Å². The summed E-state index contributed by atoms with van der Waals surface area (Å²) in [5.41, 5.74) is 1.06. The van der Waals surface area contributed by atoms with Crippen LogP contribution in [0.15, 0.2) is 11.4 Å². The molecule has 0 spiro atoms. The van der Waals surface area contributed by atoms with Crippen LogP contribution in [0.1, 0.15) is 16.5 Å². The standard InChI is InChI=1S/C12H13N3O4S/c16-9(17)5-13-11(18)7-3-6-1-2-20-10(6)8-4-14-12(19)15(7)8/h1-2,7-8H,3-5H2,(H,13,18)(H,14,19)(H,16,17)/t7-,8+/m0/s1. The maximum Gasteiger partial charge on any atom is 0.322 e. The molecule has 3 heterocycles. The molecule has 1 saturated heterocycles. The number of amides is 3. The monoisotopic (exact) mass is 295 g/mol. The number of carbonyl (C=O) groups excluding carboxylic acids is 2. The van der Waals surface area contributed by atoms with Gasteiger partial charge in [-0.2, -0.15) is 0 Å². The van der Waals surface area contributed by atoms with E-state index in [1.165, 1.54) is 4.90 Å². The number of carboxylic acids is 1. The Morgan fingerprint density at radius 2 is 2.35 bits per heavy atom. The second-order valence-electron chi connectivity index (χ2n) is 4.75. The highest BCUT2D eigenvalue weighted by molar-refractivity contribution is 7.10. The third-order valence-corrected chi connectivity index (χ3v) is 4.63. The van der Waals surface area contributed by atoms with E-state index in [0.717, 1.165) is 10.4 Å². The van der Waals surface area contributed by atoms with Crippen LogP contribution < -0.4 is 10.6 Å². The summed E-state index contributed by atoms with van der Waals surface area (Å²) in [5, 5.41) is 15.7. The molecule has 2 atom stereocenters. The molecule has 106 valence electrons. The number of hydrogen-bond acceptors (Lipinski definition) is 4. The van der Waals surface area contributed by atoms with Gasteiger partial charge in [-0.25, -0.2) is 4.79 Å². The van der Waals surface area contributed by atoms with Crippen molar-refractivity contribution >= 4 is 29.2 Å². The fourth-order valence-corrected chi connectivity index (χ4v) is 3.74. The fourth-order valence-electron chi connectivity index (χ4n) is 2.71. The van der Waals surface area contributed by atoms with Gasteiger partial charge in [0, 0.05) is 17.8 Å². The van der Waals surface area contributed by atoms with Gasteiger partial charge in [-0.3, -0.25) is 9.59 Å². The summed E-state index contributed by atoms with van der Waals surface area (Å²) in [5.74, 6) is -1.53. The van der Waals surface area contributed by atoms with Gasteiger partial charge >= 0.3 is 12.0 Å². The largest absolute Gasteiger partial charge is 0.480 e. The van der Waals surface area contributed by atoms with Gasteiger partial charge in [-0.15, -0.1) is 11.3 Å². The lowest BCUT2D eigenvalue weighted by atomic mass is 9.95. The molecule has 20 heavy (non-hydrogen) atoms. The van der Waals surface area contributed by atoms with E-state index in [-0.39, 0.29) is 12.1 Å². The Bertz CT molecular complexity index is 585. The molecule has 0 unspecified atom stereocenters. The zero-order chi connectivity index (χ0) is 14.3. The summed E-state index contributed by atoms with van der Waals surface area (Å²) < 4.78 is 0. The smallest absolute Gasteiger partial charge is 0.322 e. The number of nitrogens with zero attached hydrogens (tertiary/aromatic N) is 1. The van der Waals surface area contributed by atoms with Gasteiger partial charge in [-0.1, -0.05) is 0 Å². The highest BCUT2D eigenvalue weighted by atomic mass is 32.1. The molecule has 1 aromatic heterocycles. The van der Waals surface area contributed by atoms with Crippen LogP contribution >= 0.6 is 11.3 Å². The fraction of sp³-hybridized carbons (Fsp3) is 0.417. The Morgan fingerprint density at radius 1 is 1.55 bits per heavy atom. The Kier molecular flexibility index (Phi) is 3.09. The minimum atomic E-state index is -1.10. The average molecular weight is 295 g/mol. The highest BCUT2D eigenvalue weighted by Crippen LogP contribution is 2.38. The van der Waals surface area contributed by atoms with E-state index in [9.17, 15) is 14.4 Å². The zero-order valence-electron chi connectivity index (χ0n) is 10.5. The number of rotatable bonds is 3. The van der Waals surface area contributed by atoms with Crippen LogP contribution in [-0.4, -0.2) is 47.0 Å². The predicted molar refractivity (Wildman–Crippen MR) is 70.4 cm³/mol. The van der Waals surface area contributed by atoms with E-state index in [1.807, 2.05) is 11.4 Å². The first kappa shape index (κ1) is 12.9. The van der Waals surface area contributed by atoms with Gasteiger partial charge in [0.15, 0.2) is 0 Å². The molecule has 0 aliphatic carbocycles. The van der Waals surface area contributed by atoms with Gasteiger partial charge < -0.3 is 20.6 Å². The van der Waals surface area contributed by atoms with Gasteiger partial charge in [-0.05, 0) is 17.0 Å². The van der Waals surface area contributed by atoms with Crippen LogP contribution in [0.3, 0.4) is 0 Å². The molecule has 2 aliphatic heterocycles. The molecule has 0 saturated carbocycles. The number of nitrogens with one attached hydrogen (secondary N) is 2. The lowest BCUT2D eigenvalue weighted by molar-refractivity contribution is -0.138. The summed E-state index contributed by atoms with van der Waals surface area (Å²) in [6.07, 6.45) is 0.425. The molecular weight excluding hydrogens is 282 g/mol. The highest BCUT2D eigenvalue weighted by Gasteiger charge is 2.45. The van der Waals surface area contributed by atoms with Crippen molar-refractivity contribution in [1.82, 2.24) is 15.5 Å². The molecule has 0 bridgehead atoms. The summed E-state index contributed by atoms with van der Waals surface area (Å²) in [4.78, 5) is 37.2. The molecule has 0 radical (unpaired) electrons. The predicted octanol–water partition coefficient (Wildman–Crippen LogP) is -0.0601. The van der Waals surface area contributed by atoms with Crippen molar-refractivity contribution in [2.75, 3.05) is 13.1 Å². The van der Waals surface area contributed by atoms with Crippen molar-refractivity contribution in [1.29, 1.82) is 0 Å². The van der Waals surface area contributed by atoms with Gasteiger partial charge in [0.25, 0.3) is 0 Å². The van der Waals surface area contributed by atoms with E-state index in [1.54, 1.807) is 11.3 Å². The number of hydrogen-bond donors (Lipinski definition) is 3. The van der Waals surface area contributed by atoms with Crippen molar-refractivity contribution in [2.45, 2.75) is 18.5 Å². The number of carbonyl (C=O) groups is 3. The normalized spacial score (nSPS) is 23.8. The molecule has 7 nitrogen and oxygen atoms in total.